The van der Waals surface area contributed by atoms with Crippen LogP contribution in [-0.2, 0) is 14.3 Å². The number of esters is 1. The van der Waals surface area contributed by atoms with E-state index in [1.165, 1.54) is 29.6 Å². The highest BCUT2D eigenvalue weighted by atomic mass is 16.5. The highest BCUT2D eigenvalue weighted by molar-refractivity contribution is 5.93. The highest BCUT2D eigenvalue weighted by Crippen LogP contribution is 2.57. The summed E-state index contributed by atoms with van der Waals surface area (Å²) in [5, 5.41) is 0. The van der Waals surface area contributed by atoms with Crippen molar-refractivity contribution < 1.29 is 14.3 Å². The van der Waals surface area contributed by atoms with Crippen molar-refractivity contribution in [2.75, 3.05) is 0 Å². The third kappa shape index (κ3) is 3.53. The number of unbranched alkanes of at least 4 members (excludes halogenated alkanes) is 3. The van der Waals surface area contributed by atoms with Crippen LogP contribution in [0.2, 0.25) is 0 Å². The van der Waals surface area contributed by atoms with Gasteiger partial charge in [-0.15, -0.1) is 0 Å². The Bertz CT molecular complexity index is 741. The summed E-state index contributed by atoms with van der Waals surface area (Å²) in [6.45, 7) is 4.49. The highest BCUT2D eigenvalue weighted by Gasteiger charge is 2.53. The first kappa shape index (κ1) is 19.7. The van der Waals surface area contributed by atoms with Crippen LogP contribution >= 0.6 is 0 Å². The average Bonchev–Trinajstić information content (AvgIpc) is 3.01. The maximum Gasteiger partial charge on any atom is 0.306 e. The summed E-state index contributed by atoms with van der Waals surface area (Å²) in [6.07, 6.45) is 17.4. The van der Waals surface area contributed by atoms with Crippen molar-refractivity contribution in [2.45, 2.75) is 90.6 Å². The van der Waals surface area contributed by atoms with Crippen LogP contribution in [0, 0.1) is 17.3 Å². The lowest BCUT2D eigenvalue weighted by Crippen LogP contribution is -2.40. The molecular formula is C25H34O3. The molecule has 0 spiro atoms. The molecule has 0 aromatic heterocycles. The van der Waals surface area contributed by atoms with E-state index in [9.17, 15) is 9.59 Å². The fourth-order valence-corrected chi connectivity index (χ4v) is 6.07. The summed E-state index contributed by atoms with van der Waals surface area (Å²) in [5.41, 5.74) is 4.15. The maximum atomic E-state index is 12.4. The van der Waals surface area contributed by atoms with Crippen molar-refractivity contribution in [3.05, 3.63) is 34.9 Å². The monoisotopic (exact) mass is 382 g/mol. The number of hydrogen-bond donors (Lipinski definition) is 0. The first-order chi connectivity index (χ1) is 13.5. The third-order valence-electron chi connectivity index (χ3n) is 7.67. The van der Waals surface area contributed by atoms with Crippen molar-refractivity contribution in [2.24, 2.45) is 17.3 Å². The number of ether oxygens (including phenoxy) is 1. The number of carbonyl (C=O) groups excluding carboxylic acids is 2. The van der Waals surface area contributed by atoms with Crippen LogP contribution in [0.25, 0.3) is 0 Å². The molecule has 4 rings (SSSR count). The fraction of sp³-hybridized carbons (Fsp3) is 0.680. The van der Waals surface area contributed by atoms with Gasteiger partial charge < -0.3 is 4.74 Å². The molecule has 0 N–H and O–H groups in total. The van der Waals surface area contributed by atoms with E-state index in [-0.39, 0.29) is 23.3 Å². The number of fused-ring (bicyclic) bond motifs is 4. The van der Waals surface area contributed by atoms with Gasteiger partial charge in [0.25, 0.3) is 0 Å². The Morgan fingerprint density at radius 1 is 1.14 bits per heavy atom. The predicted molar refractivity (Wildman–Crippen MR) is 111 cm³/mol. The van der Waals surface area contributed by atoms with Crippen molar-refractivity contribution in [1.29, 1.82) is 0 Å². The Morgan fingerprint density at radius 2 is 2.00 bits per heavy atom. The summed E-state index contributed by atoms with van der Waals surface area (Å²) >= 11 is 0. The van der Waals surface area contributed by atoms with Crippen molar-refractivity contribution in [3.8, 4) is 0 Å². The molecule has 3 heteroatoms. The second-order valence-corrected chi connectivity index (χ2v) is 9.39. The zero-order valence-electron chi connectivity index (χ0n) is 17.5. The van der Waals surface area contributed by atoms with E-state index >= 15 is 0 Å². The summed E-state index contributed by atoms with van der Waals surface area (Å²) in [7, 11) is 0. The molecule has 0 unspecified atom stereocenters. The number of rotatable bonds is 6. The van der Waals surface area contributed by atoms with E-state index in [1.807, 2.05) is 6.08 Å². The van der Waals surface area contributed by atoms with Gasteiger partial charge in [-0.1, -0.05) is 45.3 Å². The summed E-state index contributed by atoms with van der Waals surface area (Å²) in [6, 6.07) is 0. The zero-order valence-corrected chi connectivity index (χ0v) is 17.5. The topological polar surface area (TPSA) is 43.4 Å². The molecule has 28 heavy (non-hydrogen) atoms. The minimum Gasteiger partial charge on any atom is -0.461 e. The first-order valence-electron chi connectivity index (χ1n) is 11.4. The van der Waals surface area contributed by atoms with Gasteiger partial charge in [-0.2, -0.15) is 0 Å². The van der Waals surface area contributed by atoms with Gasteiger partial charge in [-0.05, 0) is 73.2 Å². The molecule has 0 bridgehead atoms. The first-order valence-corrected chi connectivity index (χ1v) is 11.4. The quantitative estimate of drug-likeness (QED) is 0.427. The Morgan fingerprint density at radius 3 is 2.82 bits per heavy atom. The fourth-order valence-electron chi connectivity index (χ4n) is 6.07. The summed E-state index contributed by atoms with van der Waals surface area (Å²) < 4.78 is 6.00. The van der Waals surface area contributed by atoms with E-state index in [2.05, 4.69) is 26.0 Å². The molecule has 152 valence electrons. The Hall–Kier alpha value is -1.64. The molecule has 4 aliphatic rings. The Balaban J connectivity index is 1.49. The molecule has 0 aliphatic heterocycles. The van der Waals surface area contributed by atoms with E-state index in [0.29, 0.717) is 24.7 Å². The van der Waals surface area contributed by atoms with Gasteiger partial charge in [0.1, 0.15) is 6.10 Å². The molecule has 4 aliphatic carbocycles. The minimum absolute atomic E-state index is 0.0137. The standard InChI is InChI=1S/C25H34O3/c1-3-4-5-6-7-24(27)28-23-13-12-22-21-10-8-17-16-18(26)9-11-19(17)20(21)14-15-25(22,23)2/h14-16,21-23H,3-13H2,1-2H3/t21-,22+,23+,25+/m1/s1. The molecule has 1 fully saturated rings. The number of allylic oxidation sites excluding steroid dienone is 5. The molecule has 3 nitrogen and oxygen atoms in total. The van der Waals surface area contributed by atoms with Crippen LogP contribution in [0.5, 0.6) is 0 Å². The number of ketones is 1. The predicted octanol–water partition coefficient (Wildman–Crippen LogP) is 5.85. The van der Waals surface area contributed by atoms with Crippen LogP contribution in [0.15, 0.2) is 34.9 Å². The van der Waals surface area contributed by atoms with Crippen LogP contribution < -0.4 is 0 Å². The Kier molecular flexibility index (Phi) is 5.62. The average molecular weight is 383 g/mol. The number of hydrogen-bond acceptors (Lipinski definition) is 3. The van der Waals surface area contributed by atoms with Crippen LogP contribution in [-0.4, -0.2) is 17.9 Å². The molecule has 0 amide bonds. The van der Waals surface area contributed by atoms with Crippen LogP contribution in [0.3, 0.4) is 0 Å². The molecule has 0 aromatic carbocycles. The van der Waals surface area contributed by atoms with E-state index < -0.39 is 0 Å². The van der Waals surface area contributed by atoms with Gasteiger partial charge in [-0.3, -0.25) is 9.59 Å². The summed E-state index contributed by atoms with van der Waals surface area (Å²) in [4.78, 5) is 24.2. The van der Waals surface area contributed by atoms with Gasteiger partial charge in [-0.25, -0.2) is 0 Å². The lowest BCUT2D eigenvalue weighted by atomic mass is 9.60. The zero-order chi connectivity index (χ0) is 19.7. The van der Waals surface area contributed by atoms with Crippen molar-refractivity contribution in [3.63, 3.8) is 0 Å². The molecule has 1 saturated carbocycles. The third-order valence-corrected chi connectivity index (χ3v) is 7.67. The van der Waals surface area contributed by atoms with Gasteiger partial charge in [0.2, 0.25) is 0 Å². The second kappa shape index (κ2) is 8.00. The van der Waals surface area contributed by atoms with Crippen LogP contribution in [0.1, 0.15) is 84.5 Å². The lowest BCUT2D eigenvalue weighted by molar-refractivity contribution is -0.153. The normalized spacial score (nSPS) is 33.9. The van der Waals surface area contributed by atoms with E-state index in [1.54, 1.807) is 0 Å². The largest absolute Gasteiger partial charge is 0.461 e. The van der Waals surface area contributed by atoms with Crippen LogP contribution in [0.4, 0.5) is 0 Å². The molecule has 0 aromatic rings. The SMILES string of the molecule is CCCCCCC(=O)O[C@H]1CC[C@H]2[C@@H]3CCC4=CC(=O)CCC4=C3C=C[C@]12C. The van der Waals surface area contributed by atoms with E-state index in [4.69, 9.17) is 4.74 Å². The maximum absolute atomic E-state index is 12.4. The minimum atomic E-state index is -0.0422. The smallest absolute Gasteiger partial charge is 0.306 e. The molecule has 0 radical (unpaired) electrons. The van der Waals surface area contributed by atoms with Crippen molar-refractivity contribution in [1.82, 2.24) is 0 Å². The molecule has 0 saturated heterocycles. The molecule has 4 atom stereocenters. The molecule has 0 heterocycles. The van der Waals surface area contributed by atoms with E-state index in [0.717, 1.165) is 44.9 Å². The molecular weight excluding hydrogens is 348 g/mol. The number of carbonyl (C=O) groups is 2. The summed E-state index contributed by atoms with van der Waals surface area (Å²) in [5.74, 6) is 1.38. The van der Waals surface area contributed by atoms with Gasteiger partial charge >= 0.3 is 5.97 Å². The van der Waals surface area contributed by atoms with Crippen molar-refractivity contribution >= 4 is 11.8 Å². The van der Waals surface area contributed by atoms with Gasteiger partial charge in [0.05, 0.1) is 0 Å². The van der Waals surface area contributed by atoms with Gasteiger partial charge in [0.15, 0.2) is 5.78 Å². The van der Waals surface area contributed by atoms with Gasteiger partial charge in [0, 0.05) is 18.3 Å². The Labute approximate surface area is 169 Å². The second-order valence-electron chi connectivity index (χ2n) is 9.39. The lowest BCUT2D eigenvalue weighted by Gasteiger charge is -2.45.